The Labute approximate surface area is 228 Å². The Hall–Kier alpha value is 0.510. The second-order valence-electron chi connectivity index (χ2n) is 7.01. The number of hydrogen-bond acceptors (Lipinski definition) is 12. The third kappa shape index (κ3) is 12.9. The molecule has 0 aliphatic heterocycles. The summed E-state index contributed by atoms with van der Waals surface area (Å²) >= 11 is 10.8. The van der Waals surface area contributed by atoms with Crippen molar-refractivity contribution in [3.8, 4) is 0 Å². The largest absolute Gasteiger partial charge is 0.252 e. The summed E-state index contributed by atoms with van der Waals surface area (Å²) in [6.07, 6.45) is 6.72. The van der Waals surface area contributed by atoms with Crippen molar-refractivity contribution in [3.05, 3.63) is 0 Å². The van der Waals surface area contributed by atoms with Gasteiger partial charge in [-0.1, -0.05) is 41.5 Å². The molecule has 0 aliphatic carbocycles. The van der Waals surface area contributed by atoms with E-state index in [9.17, 15) is 0 Å². The molecule has 0 bridgehead atoms. The quantitative estimate of drug-likeness (QED) is 0.133. The summed E-state index contributed by atoms with van der Waals surface area (Å²) in [5.41, 5.74) is 0. The van der Waals surface area contributed by atoms with Crippen molar-refractivity contribution >= 4 is 89.5 Å². The van der Waals surface area contributed by atoms with E-state index in [-0.39, 0.29) is 0 Å². The van der Waals surface area contributed by atoms with Gasteiger partial charge in [-0.05, 0) is 110 Å². The van der Waals surface area contributed by atoms with Gasteiger partial charge in [-0.3, -0.25) is 0 Å². The molecule has 0 saturated carbocycles. The zero-order valence-electron chi connectivity index (χ0n) is 21.1. The molecule has 0 amide bonds. The molecular weight excluding hydrogens is 529 g/mol. The first kappa shape index (κ1) is 31.5. The van der Waals surface area contributed by atoms with Crippen molar-refractivity contribution in [1.82, 2.24) is 15.0 Å². The molecule has 0 radical (unpaired) electrons. The fourth-order valence-corrected chi connectivity index (χ4v) is 7.60. The monoisotopic (exact) mass is 570 g/mol. The lowest BCUT2D eigenvalue weighted by Gasteiger charge is -2.26. The molecule has 0 fully saturated rings. The molecule has 1 aromatic rings. The van der Waals surface area contributed by atoms with Crippen LogP contribution in [0.2, 0.25) is 0 Å². The highest BCUT2D eigenvalue weighted by atomic mass is 32.2. The predicted octanol–water partition coefficient (Wildman–Crippen LogP) is 8.64. The molecule has 1 aromatic heterocycles. The number of aromatic nitrogens is 3. The first-order valence-corrected chi connectivity index (χ1v) is 17.7. The molecule has 0 aromatic carbocycles. The number of nitrogens with zero attached hydrogens (tertiary/aromatic N) is 6. The molecular formula is C21H42N6S6. The lowest BCUT2D eigenvalue weighted by atomic mass is 10.6. The van der Waals surface area contributed by atoms with E-state index >= 15 is 0 Å². The van der Waals surface area contributed by atoms with E-state index in [0.717, 1.165) is 90.9 Å². The SMILES string of the molecule is CCCSN(SCCC)c1nc(N(SCCC)SCCC)nc(N(SCCC)SCCC)n1. The summed E-state index contributed by atoms with van der Waals surface area (Å²) < 4.78 is 6.63. The summed E-state index contributed by atoms with van der Waals surface area (Å²) in [5, 5.41) is 0. The van der Waals surface area contributed by atoms with Crippen LogP contribution in [0.15, 0.2) is 0 Å². The first-order valence-electron chi connectivity index (χ1n) is 12.1. The standard InChI is InChI=1S/C21H42N6S6/c1-7-13-28-25(29-14-8-2)19-22-20(26(30-15-9-3)31-16-10-4)24-21(23-19)27(32-17-11-5)33-18-12-6/h7-18H2,1-6H3. The first-order chi connectivity index (χ1) is 16.1. The van der Waals surface area contributed by atoms with Crippen LogP contribution < -0.4 is 11.1 Å². The van der Waals surface area contributed by atoms with Gasteiger partial charge in [0.1, 0.15) is 0 Å². The summed E-state index contributed by atoms with van der Waals surface area (Å²) in [7, 11) is 0. The molecule has 12 heteroatoms. The predicted molar refractivity (Wildman–Crippen MR) is 164 cm³/mol. The fraction of sp³-hybridized carbons (Fsp3) is 0.857. The third-order valence-electron chi connectivity index (χ3n) is 3.57. The van der Waals surface area contributed by atoms with E-state index < -0.39 is 0 Å². The normalized spacial score (nSPS) is 11.1. The van der Waals surface area contributed by atoms with Gasteiger partial charge in [-0.25, -0.2) is 11.1 Å². The van der Waals surface area contributed by atoms with Gasteiger partial charge >= 0.3 is 0 Å². The Kier molecular flexibility index (Phi) is 19.8. The number of hydrogen-bond donors (Lipinski definition) is 0. The molecule has 1 heterocycles. The van der Waals surface area contributed by atoms with E-state index in [1.165, 1.54) is 0 Å². The lowest BCUT2D eigenvalue weighted by Crippen LogP contribution is -2.19. The molecule has 1 rings (SSSR count). The van der Waals surface area contributed by atoms with Gasteiger partial charge in [0.15, 0.2) is 0 Å². The molecule has 0 aliphatic rings. The Morgan fingerprint density at radius 2 is 0.576 bits per heavy atom. The smallest absolute Gasteiger partial charge is 0.225 e. The highest BCUT2D eigenvalue weighted by Crippen LogP contribution is 2.37. The number of anilines is 3. The maximum Gasteiger partial charge on any atom is 0.252 e. The summed E-state index contributed by atoms with van der Waals surface area (Å²) in [6.45, 7) is 13.3. The van der Waals surface area contributed by atoms with Crippen LogP contribution in [-0.2, 0) is 0 Å². The van der Waals surface area contributed by atoms with Crippen LogP contribution in [0.3, 0.4) is 0 Å². The molecule has 0 atom stereocenters. The van der Waals surface area contributed by atoms with Gasteiger partial charge < -0.3 is 0 Å². The lowest BCUT2D eigenvalue weighted by molar-refractivity contribution is 1.03. The second kappa shape index (κ2) is 20.7. The molecule has 33 heavy (non-hydrogen) atoms. The van der Waals surface area contributed by atoms with Crippen LogP contribution in [-0.4, -0.2) is 49.5 Å². The Bertz CT molecular complexity index is 497. The van der Waals surface area contributed by atoms with Crippen LogP contribution in [0.1, 0.15) is 80.1 Å². The van der Waals surface area contributed by atoms with Crippen molar-refractivity contribution < 1.29 is 0 Å². The molecule has 6 nitrogen and oxygen atoms in total. The summed E-state index contributed by atoms with van der Waals surface area (Å²) in [4.78, 5) is 15.0. The summed E-state index contributed by atoms with van der Waals surface area (Å²) in [5.74, 6) is 8.54. The van der Waals surface area contributed by atoms with Crippen LogP contribution >= 0.6 is 71.7 Å². The van der Waals surface area contributed by atoms with E-state index in [2.05, 4.69) is 52.7 Å². The summed E-state index contributed by atoms with van der Waals surface area (Å²) in [6, 6.07) is 0. The van der Waals surface area contributed by atoms with Crippen LogP contribution in [0.5, 0.6) is 0 Å². The number of rotatable bonds is 21. The average Bonchev–Trinajstić information content (AvgIpc) is 2.84. The topological polar surface area (TPSA) is 48.4 Å². The van der Waals surface area contributed by atoms with Gasteiger partial charge in [-0.2, -0.15) is 15.0 Å². The maximum atomic E-state index is 4.99. The fourth-order valence-electron chi connectivity index (χ4n) is 2.09. The zero-order chi connectivity index (χ0) is 24.3. The van der Waals surface area contributed by atoms with E-state index in [1.807, 2.05) is 0 Å². The minimum absolute atomic E-state index is 0.755. The minimum Gasteiger partial charge on any atom is -0.225 e. The van der Waals surface area contributed by atoms with Crippen molar-refractivity contribution in [3.63, 3.8) is 0 Å². The molecule has 0 N–H and O–H groups in total. The minimum atomic E-state index is 0.755. The second-order valence-corrected chi connectivity index (χ2v) is 13.9. The van der Waals surface area contributed by atoms with Gasteiger partial charge in [-0.15, -0.1) is 0 Å². The van der Waals surface area contributed by atoms with Gasteiger partial charge in [0.05, 0.1) is 0 Å². The highest BCUT2D eigenvalue weighted by Gasteiger charge is 2.22. The van der Waals surface area contributed by atoms with E-state index in [4.69, 9.17) is 15.0 Å². The Balaban J connectivity index is 3.43. The average molecular weight is 571 g/mol. The van der Waals surface area contributed by atoms with Crippen LogP contribution in [0.25, 0.3) is 0 Å². The maximum absolute atomic E-state index is 4.99. The van der Waals surface area contributed by atoms with Crippen molar-refractivity contribution in [2.75, 3.05) is 45.6 Å². The van der Waals surface area contributed by atoms with Crippen molar-refractivity contribution in [1.29, 1.82) is 0 Å². The van der Waals surface area contributed by atoms with Gasteiger partial charge in [0, 0.05) is 34.5 Å². The Morgan fingerprint density at radius 3 is 0.727 bits per heavy atom. The highest BCUT2D eigenvalue weighted by molar-refractivity contribution is 8.19. The zero-order valence-corrected chi connectivity index (χ0v) is 26.0. The Morgan fingerprint density at radius 1 is 0.394 bits per heavy atom. The molecule has 0 unspecified atom stereocenters. The molecule has 0 saturated heterocycles. The van der Waals surface area contributed by atoms with Crippen LogP contribution in [0.4, 0.5) is 17.8 Å². The molecule has 0 spiro atoms. The van der Waals surface area contributed by atoms with Gasteiger partial charge in [0.25, 0.3) is 17.8 Å². The van der Waals surface area contributed by atoms with Crippen molar-refractivity contribution in [2.24, 2.45) is 0 Å². The molecule has 192 valence electrons. The van der Waals surface area contributed by atoms with E-state index in [0.29, 0.717) is 0 Å². The van der Waals surface area contributed by atoms with Crippen molar-refractivity contribution in [2.45, 2.75) is 80.1 Å². The third-order valence-corrected chi connectivity index (χ3v) is 11.4. The van der Waals surface area contributed by atoms with Crippen LogP contribution in [0, 0.1) is 0 Å². The van der Waals surface area contributed by atoms with E-state index in [1.54, 1.807) is 71.7 Å². The van der Waals surface area contributed by atoms with Gasteiger partial charge in [0.2, 0.25) is 0 Å².